The number of esters is 1. The maximum atomic E-state index is 12.2. The molecule has 1 heterocycles. The molecule has 9 heteroatoms. The minimum atomic E-state index is -0.573. The van der Waals surface area contributed by atoms with Crippen LogP contribution < -0.4 is 20.5 Å². The van der Waals surface area contributed by atoms with E-state index in [4.69, 9.17) is 9.47 Å². The Kier molecular flexibility index (Phi) is 6.20. The van der Waals surface area contributed by atoms with E-state index in [1.54, 1.807) is 42.5 Å². The van der Waals surface area contributed by atoms with Gasteiger partial charge in [0, 0.05) is 12.5 Å². The van der Waals surface area contributed by atoms with Gasteiger partial charge in [0.1, 0.15) is 11.6 Å². The van der Waals surface area contributed by atoms with E-state index in [1.165, 1.54) is 20.2 Å². The first-order valence-electron chi connectivity index (χ1n) is 8.77. The highest BCUT2D eigenvalue weighted by Crippen LogP contribution is 2.27. The molecular weight excluding hydrogens is 386 g/mol. The number of H-pyrrole nitrogens is 1. The summed E-state index contributed by atoms with van der Waals surface area (Å²) in [4.78, 5) is 30.1. The number of carbonyl (C=O) groups is 1. The van der Waals surface area contributed by atoms with Gasteiger partial charge < -0.3 is 9.47 Å². The number of nitrogens with one attached hydrogen (secondary N) is 2. The Morgan fingerprint density at radius 1 is 1.23 bits per heavy atom. The number of anilines is 1. The number of aromatic nitrogens is 2. The third kappa shape index (κ3) is 4.69. The molecule has 0 aliphatic heterocycles. The third-order valence-corrected chi connectivity index (χ3v) is 3.90. The molecule has 3 aromatic rings. The predicted octanol–water partition coefficient (Wildman–Crippen LogP) is 2.69. The van der Waals surface area contributed by atoms with Crippen molar-refractivity contribution >= 4 is 18.1 Å². The lowest BCUT2D eigenvalue weighted by Crippen LogP contribution is -2.16. The van der Waals surface area contributed by atoms with Crippen LogP contribution in [-0.2, 0) is 4.79 Å². The van der Waals surface area contributed by atoms with Crippen LogP contribution in [0.4, 0.5) is 5.95 Å². The predicted molar refractivity (Wildman–Crippen MR) is 111 cm³/mol. The van der Waals surface area contributed by atoms with E-state index in [-0.39, 0.29) is 17.2 Å². The molecule has 30 heavy (non-hydrogen) atoms. The number of aromatic amines is 1. The van der Waals surface area contributed by atoms with Crippen molar-refractivity contribution in [2.24, 2.45) is 5.10 Å². The second-order valence-electron chi connectivity index (χ2n) is 5.99. The number of carbonyl (C=O) groups excluding carboxylic acids is 1. The smallest absolute Gasteiger partial charge is 0.308 e. The van der Waals surface area contributed by atoms with E-state index < -0.39 is 11.5 Å². The molecule has 1 aromatic heterocycles. The SMILES string of the molecule is COc1cc(C=NNc2nc(-c3ccccc3)c(C#N)c(=O)[nH]2)ccc1OC(C)=O. The van der Waals surface area contributed by atoms with E-state index in [9.17, 15) is 14.9 Å². The summed E-state index contributed by atoms with van der Waals surface area (Å²) in [5.41, 5.74) is 3.53. The van der Waals surface area contributed by atoms with Crippen LogP contribution in [0.5, 0.6) is 11.5 Å². The number of ether oxygens (including phenoxy) is 2. The first-order chi connectivity index (χ1) is 14.5. The van der Waals surface area contributed by atoms with E-state index in [0.29, 0.717) is 22.6 Å². The highest BCUT2D eigenvalue weighted by atomic mass is 16.6. The number of hydrogen-bond acceptors (Lipinski definition) is 8. The molecule has 3 rings (SSSR count). The topological polar surface area (TPSA) is 129 Å². The van der Waals surface area contributed by atoms with Gasteiger partial charge in [-0.25, -0.2) is 10.4 Å². The van der Waals surface area contributed by atoms with Gasteiger partial charge in [0.15, 0.2) is 11.5 Å². The molecule has 0 bridgehead atoms. The Hall–Kier alpha value is -4.45. The molecule has 0 fully saturated rings. The summed E-state index contributed by atoms with van der Waals surface area (Å²) in [6.45, 7) is 1.30. The highest BCUT2D eigenvalue weighted by molar-refractivity contribution is 5.82. The molecule has 2 aromatic carbocycles. The molecule has 150 valence electrons. The highest BCUT2D eigenvalue weighted by Gasteiger charge is 2.13. The summed E-state index contributed by atoms with van der Waals surface area (Å²) in [7, 11) is 1.46. The van der Waals surface area contributed by atoms with Crippen LogP contribution in [0, 0.1) is 11.3 Å². The number of hydrogen-bond donors (Lipinski definition) is 2. The molecule has 0 aliphatic carbocycles. The molecule has 0 spiro atoms. The standard InChI is InChI=1S/C21H17N5O4/c1-13(27)30-17-9-8-14(10-18(17)29-2)12-23-26-21-24-19(15-6-4-3-5-7-15)16(11-22)20(28)25-21/h3-10,12H,1-2H3,(H2,24,25,26,28). The van der Waals surface area contributed by atoms with Crippen LogP contribution in [0.25, 0.3) is 11.3 Å². The Bertz CT molecular complexity index is 1200. The lowest BCUT2D eigenvalue weighted by atomic mass is 10.1. The van der Waals surface area contributed by atoms with Crippen molar-refractivity contribution in [2.45, 2.75) is 6.92 Å². The first kappa shape index (κ1) is 20.3. The number of rotatable bonds is 6. The second kappa shape index (κ2) is 9.16. The van der Waals surface area contributed by atoms with E-state index in [1.807, 2.05) is 12.1 Å². The largest absolute Gasteiger partial charge is 0.493 e. The fourth-order valence-electron chi connectivity index (χ4n) is 2.61. The van der Waals surface area contributed by atoms with Gasteiger partial charge in [-0.15, -0.1) is 0 Å². The average molecular weight is 403 g/mol. The minimum Gasteiger partial charge on any atom is -0.493 e. The van der Waals surface area contributed by atoms with Gasteiger partial charge >= 0.3 is 5.97 Å². The maximum absolute atomic E-state index is 12.2. The second-order valence-corrected chi connectivity index (χ2v) is 5.99. The Morgan fingerprint density at radius 2 is 2.00 bits per heavy atom. The summed E-state index contributed by atoms with van der Waals surface area (Å²) >= 11 is 0. The van der Waals surface area contributed by atoms with Crippen molar-refractivity contribution in [1.29, 1.82) is 5.26 Å². The van der Waals surface area contributed by atoms with Crippen LogP contribution in [0.3, 0.4) is 0 Å². The van der Waals surface area contributed by atoms with Crippen LogP contribution in [-0.4, -0.2) is 29.3 Å². The van der Waals surface area contributed by atoms with Gasteiger partial charge in [0.05, 0.1) is 19.0 Å². The first-order valence-corrected chi connectivity index (χ1v) is 8.77. The molecule has 0 amide bonds. The van der Waals surface area contributed by atoms with Crippen LogP contribution in [0.1, 0.15) is 18.1 Å². The van der Waals surface area contributed by atoms with E-state index >= 15 is 0 Å². The van der Waals surface area contributed by atoms with E-state index in [0.717, 1.165) is 0 Å². The third-order valence-electron chi connectivity index (χ3n) is 3.90. The number of hydrazone groups is 1. The zero-order valence-electron chi connectivity index (χ0n) is 16.2. The van der Waals surface area contributed by atoms with Crippen LogP contribution >= 0.6 is 0 Å². The maximum Gasteiger partial charge on any atom is 0.308 e. The van der Waals surface area contributed by atoms with Crippen molar-refractivity contribution in [3.63, 3.8) is 0 Å². The molecule has 0 radical (unpaired) electrons. The summed E-state index contributed by atoms with van der Waals surface area (Å²) in [5, 5.41) is 13.4. The van der Waals surface area contributed by atoms with Crippen LogP contribution in [0.2, 0.25) is 0 Å². The van der Waals surface area contributed by atoms with Gasteiger partial charge in [-0.1, -0.05) is 30.3 Å². The normalized spacial score (nSPS) is 10.4. The fraction of sp³-hybridized carbons (Fsp3) is 0.0952. The molecule has 2 N–H and O–H groups in total. The molecule has 0 aliphatic rings. The monoisotopic (exact) mass is 403 g/mol. The quantitative estimate of drug-likeness (QED) is 0.280. The average Bonchev–Trinajstić information content (AvgIpc) is 2.74. The summed E-state index contributed by atoms with van der Waals surface area (Å²) in [5.74, 6) is 0.283. The summed E-state index contributed by atoms with van der Waals surface area (Å²) in [6, 6.07) is 15.7. The molecule has 0 saturated carbocycles. The molecule has 9 nitrogen and oxygen atoms in total. The van der Waals surface area contributed by atoms with Gasteiger partial charge in [0.25, 0.3) is 5.56 Å². The van der Waals surface area contributed by atoms with Crippen molar-refractivity contribution < 1.29 is 14.3 Å². The van der Waals surface area contributed by atoms with Crippen molar-refractivity contribution in [1.82, 2.24) is 9.97 Å². The summed E-state index contributed by atoms with van der Waals surface area (Å²) in [6.07, 6.45) is 1.47. The minimum absolute atomic E-state index is 0.0811. The molecule has 0 saturated heterocycles. The number of nitriles is 1. The fourth-order valence-corrected chi connectivity index (χ4v) is 2.61. The number of benzene rings is 2. The number of methoxy groups -OCH3 is 1. The van der Waals surface area contributed by atoms with Crippen molar-refractivity contribution in [3.8, 4) is 28.8 Å². The Balaban J connectivity index is 1.85. The molecule has 0 atom stereocenters. The van der Waals surface area contributed by atoms with Crippen molar-refractivity contribution in [3.05, 3.63) is 70.0 Å². The summed E-state index contributed by atoms with van der Waals surface area (Å²) < 4.78 is 10.3. The molecule has 0 unspecified atom stereocenters. The zero-order valence-corrected chi connectivity index (χ0v) is 16.2. The van der Waals surface area contributed by atoms with Gasteiger partial charge in [-0.2, -0.15) is 10.4 Å². The van der Waals surface area contributed by atoms with E-state index in [2.05, 4.69) is 20.5 Å². The van der Waals surface area contributed by atoms with Crippen LogP contribution in [0.15, 0.2) is 58.4 Å². The zero-order chi connectivity index (χ0) is 21.5. The lowest BCUT2D eigenvalue weighted by molar-refractivity contribution is -0.132. The van der Waals surface area contributed by atoms with Crippen molar-refractivity contribution in [2.75, 3.05) is 12.5 Å². The number of nitrogens with zero attached hydrogens (tertiary/aromatic N) is 3. The Morgan fingerprint density at radius 3 is 2.67 bits per heavy atom. The Labute approximate surface area is 171 Å². The van der Waals surface area contributed by atoms with Gasteiger partial charge in [-0.05, 0) is 23.8 Å². The van der Waals surface area contributed by atoms with Gasteiger partial charge in [-0.3, -0.25) is 14.6 Å². The van der Waals surface area contributed by atoms with Gasteiger partial charge in [0.2, 0.25) is 5.95 Å². The molecular formula is C21H17N5O4. The lowest BCUT2D eigenvalue weighted by Gasteiger charge is -2.08.